The third-order valence-corrected chi connectivity index (χ3v) is 4.89. The molecule has 0 amide bonds. The van der Waals surface area contributed by atoms with Gasteiger partial charge in [0.05, 0.1) is 0 Å². The standard InChI is InChI=1S/C21H23NO3/c1-2-20(22-17-8-7-14-5-3-4-6-15(14)11-17)24-18-9-10-19-16(12-18)13-21(23)25-19/h3-6,9-10,12-13,17,20,22-23H,2,7-8,11H2,1H3. The highest BCUT2D eigenvalue weighted by molar-refractivity contribution is 5.80. The van der Waals surface area contributed by atoms with Gasteiger partial charge in [0.25, 0.3) is 5.95 Å². The maximum Gasteiger partial charge on any atom is 0.282 e. The molecule has 0 saturated carbocycles. The molecule has 1 heterocycles. The van der Waals surface area contributed by atoms with E-state index in [1.807, 2.05) is 18.2 Å². The summed E-state index contributed by atoms with van der Waals surface area (Å²) < 4.78 is 11.3. The van der Waals surface area contributed by atoms with Crippen molar-refractivity contribution in [3.63, 3.8) is 0 Å². The van der Waals surface area contributed by atoms with Crippen LogP contribution in [0.2, 0.25) is 0 Å². The maximum atomic E-state index is 9.45. The quantitative estimate of drug-likeness (QED) is 0.678. The summed E-state index contributed by atoms with van der Waals surface area (Å²) in [5.74, 6) is 0.710. The molecule has 0 aliphatic heterocycles. The van der Waals surface area contributed by atoms with E-state index in [1.165, 1.54) is 11.1 Å². The van der Waals surface area contributed by atoms with Gasteiger partial charge in [-0.25, -0.2) is 0 Å². The Kier molecular flexibility index (Phi) is 4.36. The summed E-state index contributed by atoms with van der Waals surface area (Å²) in [6, 6.07) is 16.3. The minimum atomic E-state index is -0.0711. The fourth-order valence-electron chi connectivity index (χ4n) is 3.58. The first-order chi connectivity index (χ1) is 12.2. The number of aromatic hydroxyl groups is 1. The number of ether oxygens (including phenoxy) is 1. The Bertz CT molecular complexity index is 870. The second-order valence-electron chi connectivity index (χ2n) is 6.67. The van der Waals surface area contributed by atoms with Crippen molar-refractivity contribution >= 4 is 11.0 Å². The molecule has 2 aromatic carbocycles. The van der Waals surface area contributed by atoms with Crippen LogP contribution in [0.4, 0.5) is 0 Å². The van der Waals surface area contributed by atoms with Gasteiger partial charge >= 0.3 is 0 Å². The molecule has 130 valence electrons. The van der Waals surface area contributed by atoms with Gasteiger partial charge in [-0.05, 0) is 55.0 Å². The number of benzene rings is 2. The fourth-order valence-corrected chi connectivity index (χ4v) is 3.58. The van der Waals surface area contributed by atoms with Crippen LogP contribution in [0.15, 0.2) is 52.9 Å². The van der Waals surface area contributed by atoms with Gasteiger partial charge in [0.15, 0.2) is 0 Å². The number of hydrogen-bond donors (Lipinski definition) is 2. The molecule has 2 unspecified atom stereocenters. The van der Waals surface area contributed by atoms with E-state index in [0.717, 1.165) is 36.8 Å². The molecule has 1 aromatic heterocycles. The number of rotatable bonds is 5. The first-order valence-electron chi connectivity index (χ1n) is 8.93. The lowest BCUT2D eigenvalue weighted by Crippen LogP contribution is -2.44. The van der Waals surface area contributed by atoms with Crippen molar-refractivity contribution in [2.75, 3.05) is 0 Å². The molecule has 3 aromatic rings. The van der Waals surface area contributed by atoms with E-state index < -0.39 is 0 Å². The number of furan rings is 1. The predicted octanol–water partition coefficient (Wildman–Crippen LogP) is 4.40. The Balaban J connectivity index is 1.43. The van der Waals surface area contributed by atoms with E-state index in [4.69, 9.17) is 9.15 Å². The summed E-state index contributed by atoms with van der Waals surface area (Å²) in [5, 5.41) is 13.9. The van der Waals surface area contributed by atoms with Crippen molar-refractivity contribution < 1.29 is 14.3 Å². The van der Waals surface area contributed by atoms with Crippen LogP contribution in [-0.4, -0.2) is 17.4 Å². The van der Waals surface area contributed by atoms with E-state index in [-0.39, 0.29) is 12.2 Å². The van der Waals surface area contributed by atoms with Crippen molar-refractivity contribution in [3.05, 3.63) is 59.7 Å². The van der Waals surface area contributed by atoms with Crippen molar-refractivity contribution in [2.24, 2.45) is 0 Å². The van der Waals surface area contributed by atoms with Gasteiger partial charge in [0, 0.05) is 17.5 Å². The second-order valence-corrected chi connectivity index (χ2v) is 6.67. The van der Waals surface area contributed by atoms with E-state index in [2.05, 4.69) is 36.5 Å². The number of aryl methyl sites for hydroxylation is 1. The molecule has 4 rings (SSSR count). The normalized spacial score (nSPS) is 18.0. The highest BCUT2D eigenvalue weighted by Crippen LogP contribution is 2.28. The average molecular weight is 337 g/mol. The van der Waals surface area contributed by atoms with Crippen LogP contribution in [0, 0.1) is 0 Å². The van der Waals surface area contributed by atoms with Crippen LogP contribution < -0.4 is 10.1 Å². The molecule has 4 nitrogen and oxygen atoms in total. The average Bonchev–Trinajstić information content (AvgIpc) is 3.00. The largest absolute Gasteiger partial charge is 0.481 e. The monoisotopic (exact) mass is 337 g/mol. The zero-order valence-corrected chi connectivity index (χ0v) is 14.4. The topological polar surface area (TPSA) is 54.6 Å². The molecule has 0 radical (unpaired) electrons. The lowest BCUT2D eigenvalue weighted by molar-refractivity contribution is 0.139. The van der Waals surface area contributed by atoms with Gasteiger partial charge in [-0.1, -0.05) is 31.2 Å². The first kappa shape index (κ1) is 16.0. The van der Waals surface area contributed by atoms with Crippen LogP contribution >= 0.6 is 0 Å². The van der Waals surface area contributed by atoms with Crippen molar-refractivity contribution in [1.82, 2.24) is 5.32 Å². The summed E-state index contributed by atoms with van der Waals surface area (Å²) >= 11 is 0. The summed E-state index contributed by atoms with van der Waals surface area (Å²) in [5.41, 5.74) is 3.57. The minimum Gasteiger partial charge on any atom is -0.481 e. The lowest BCUT2D eigenvalue weighted by atomic mass is 9.88. The third kappa shape index (κ3) is 3.49. The fraction of sp³-hybridized carbons (Fsp3) is 0.333. The van der Waals surface area contributed by atoms with Gasteiger partial charge in [-0.2, -0.15) is 0 Å². The van der Waals surface area contributed by atoms with E-state index in [0.29, 0.717) is 11.6 Å². The molecule has 25 heavy (non-hydrogen) atoms. The van der Waals surface area contributed by atoms with Crippen molar-refractivity contribution in [2.45, 2.75) is 44.9 Å². The smallest absolute Gasteiger partial charge is 0.282 e. The zero-order valence-electron chi connectivity index (χ0n) is 14.4. The van der Waals surface area contributed by atoms with E-state index in [1.54, 1.807) is 6.07 Å². The highest BCUT2D eigenvalue weighted by Gasteiger charge is 2.21. The summed E-state index contributed by atoms with van der Waals surface area (Å²) in [6.07, 6.45) is 4.14. The molecule has 4 heteroatoms. The minimum absolute atomic E-state index is 0.0341. The van der Waals surface area contributed by atoms with Gasteiger partial charge < -0.3 is 14.3 Å². The second kappa shape index (κ2) is 6.81. The van der Waals surface area contributed by atoms with E-state index in [9.17, 15) is 5.11 Å². The third-order valence-electron chi connectivity index (χ3n) is 4.89. The van der Waals surface area contributed by atoms with Crippen LogP contribution in [0.1, 0.15) is 30.9 Å². The molecule has 1 aliphatic rings. The molecule has 0 spiro atoms. The van der Waals surface area contributed by atoms with Crippen LogP contribution in [0.25, 0.3) is 11.0 Å². The van der Waals surface area contributed by atoms with E-state index >= 15 is 0 Å². The number of fused-ring (bicyclic) bond motifs is 2. The van der Waals surface area contributed by atoms with Crippen LogP contribution in [-0.2, 0) is 12.8 Å². The highest BCUT2D eigenvalue weighted by atomic mass is 16.5. The molecular weight excluding hydrogens is 314 g/mol. The predicted molar refractivity (Wildman–Crippen MR) is 98.0 cm³/mol. The molecule has 0 bridgehead atoms. The maximum absolute atomic E-state index is 9.45. The molecule has 2 atom stereocenters. The Morgan fingerprint density at radius 1 is 1.20 bits per heavy atom. The Hall–Kier alpha value is -2.46. The summed E-state index contributed by atoms with van der Waals surface area (Å²) in [6.45, 7) is 2.12. The summed E-state index contributed by atoms with van der Waals surface area (Å²) in [7, 11) is 0. The lowest BCUT2D eigenvalue weighted by Gasteiger charge is -2.29. The first-order valence-corrected chi connectivity index (χ1v) is 8.93. The van der Waals surface area contributed by atoms with Gasteiger partial charge in [-0.15, -0.1) is 0 Å². The van der Waals surface area contributed by atoms with Gasteiger partial charge in [0.1, 0.15) is 17.6 Å². The molecule has 2 N–H and O–H groups in total. The number of hydrogen-bond acceptors (Lipinski definition) is 4. The van der Waals surface area contributed by atoms with Gasteiger partial charge in [0.2, 0.25) is 0 Å². The number of nitrogens with one attached hydrogen (secondary N) is 1. The van der Waals surface area contributed by atoms with Crippen molar-refractivity contribution in [3.8, 4) is 11.7 Å². The van der Waals surface area contributed by atoms with Crippen LogP contribution in [0.3, 0.4) is 0 Å². The summed E-state index contributed by atoms with van der Waals surface area (Å²) in [4.78, 5) is 0. The SMILES string of the molecule is CCC(NC1CCc2ccccc2C1)Oc1ccc2oc(O)cc2c1. The Morgan fingerprint density at radius 3 is 2.88 bits per heavy atom. The molecular formula is C21H23NO3. The van der Waals surface area contributed by atoms with Gasteiger partial charge in [-0.3, -0.25) is 5.32 Å². The molecule has 0 saturated heterocycles. The Morgan fingerprint density at radius 2 is 2.04 bits per heavy atom. The molecule has 0 fully saturated rings. The molecule has 1 aliphatic carbocycles. The van der Waals surface area contributed by atoms with Crippen molar-refractivity contribution in [1.29, 1.82) is 0 Å². The Labute approximate surface area is 147 Å². The van der Waals surface area contributed by atoms with Crippen LogP contribution in [0.5, 0.6) is 11.7 Å². The zero-order chi connectivity index (χ0) is 17.2.